The molecule has 0 N–H and O–H groups in total. The fraction of sp³-hybridized carbons (Fsp3) is 0.171. The van der Waals surface area contributed by atoms with Gasteiger partial charge in [0, 0.05) is 25.7 Å². The fourth-order valence-electron chi connectivity index (χ4n) is 5.92. The summed E-state index contributed by atoms with van der Waals surface area (Å²) in [6.45, 7) is 11.3. The van der Waals surface area contributed by atoms with Crippen molar-refractivity contribution in [3.8, 4) is 0 Å². The van der Waals surface area contributed by atoms with Crippen LogP contribution in [-0.4, -0.2) is 17.8 Å². The first-order valence-electron chi connectivity index (χ1n) is 15.3. The summed E-state index contributed by atoms with van der Waals surface area (Å²) in [6.07, 6.45) is 17.0. The molecule has 1 atom stereocenters. The van der Waals surface area contributed by atoms with E-state index in [4.69, 9.17) is 0 Å². The molecule has 0 unspecified atom stereocenters. The number of nitrogens with zero attached hydrogens (tertiary/aromatic N) is 1. The van der Waals surface area contributed by atoms with Crippen LogP contribution in [0.15, 0.2) is 97.1 Å². The average molecular weight is 668 g/mol. The maximum absolute atomic E-state index is 2.64. The van der Waals surface area contributed by atoms with Crippen molar-refractivity contribution in [2.75, 3.05) is 7.05 Å². The largest absolute Gasteiger partial charge is 2.00 e. The molecule has 6 rings (SSSR count). The number of benzene rings is 4. The molecule has 10 radical (unpaired) electrons. The second-order valence-corrected chi connectivity index (χ2v) is 16.1. The van der Waals surface area contributed by atoms with Crippen molar-refractivity contribution >= 4 is 37.2 Å². The Bertz CT molecular complexity index is 1330. The third-order valence-corrected chi connectivity index (χ3v) is 12.9. The maximum Gasteiger partial charge on any atom is 2.00 e. The molecule has 4 aromatic rings. The number of hydrogen-bond acceptors (Lipinski definition) is 1. The van der Waals surface area contributed by atoms with Gasteiger partial charge in [0.1, 0.15) is 0 Å². The van der Waals surface area contributed by atoms with Crippen LogP contribution in [0.5, 0.6) is 0 Å². The summed E-state index contributed by atoms with van der Waals surface area (Å²) in [5.41, 5.74) is 6.77. The third-order valence-electron chi connectivity index (χ3n) is 7.88. The zero-order valence-electron chi connectivity index (χ0n) is 27.1. The minimum absolute atomic E-state index is 0. The van der Waals surface area contributed by atoms with Crippen molar-refractivity contribution in [2.45, 2.75) is 40.7 Å². The van der Waals surface area contributed by atoms with E-state index in [1.807, 2.05) is 32.1 Å². The van der Waals surface area contributed by atoms with Gasteiger partial charge in [-0.1, -0.05) is 95.1 Å². The Morgan fingerprint density at radius 1 is 0.511 bits per heavy atom. The molecular formula is C41H43FeNP2+2. The zero-order chi connectivity index (χ0) is 31.1. The van der Waals surface area contributed by atoms with E-state index in [-0.39, 0.29) is 23.1 Å². The second-order valence-electron chi connectivity index (χ2n) is 11.6. The third kappa shape index (κ3) is 9.40. The van der Waals surface area contributed by atoms with Gasteiger partial charge < -0.3 is 0 Å². The van der Waals surface area contributed by atoms with Gasteiger partial charge in [-0.3, -0.25) is 4.67 Å². The van der Waals surface area contributed by atoms with Gasteiger partial charge in [0.25, 0.3) is 0 Å². The van der Waals surface area contributed by atoms with Crippen LogP contribution in [0.4, 0.5) is 0 Å². The zero-order valence-corrected chi connectivity index (χ0v) is 30.0. The summed E-state index contributed by atoms with van der Waals surface area (Å²) < 4.78 is 2.64. The van der Waals surface area contributed by atoms with E-state index in [0.29, 0.717) is 0 Å². The predicted octanol–water partition coefficient (Wildman–Crippen LogP) is 8.47. The number of rotatable bonds is 8. The van der Waals surface area contributed by atoms with E-state index >= 15 is 0 Å². The SMILES string of the molecule is Cc1cc(C)cc(P(c2cc(C)cc(C)c2)N(C)[C@H](C)[C]2[CH][CH][CH][C]2P(c2ccccc2)c2ccccc2)c1.[CH]1[CH][CH][CH][CH]1.[Fe+2]. The maximum atomic E-state index is 2.64. The molecule has 2 aliphatic carbocycles. The van der Waals surface area contributed by atoms with Crippen molar-refractivity contribution < 1.29 is 17.1 Å². The Labute approximate surface area is 287 Å². The van der Waals surface area contributed by atoms with Crippen LogP contribution in [0.1, 0.15) is 29.2 Å². The van der Waals surface area contributed by atoms with Gasteiger partial charge in [0.05, 0.1) is 0 Å². The van der Waals surface area contributed by atoms with E-state index in [1.165, 1.54) is 55.0 Å². The number of hydrogen-bond donors (Lipinski definition) is 0. The van der Waals surface area contributed by atoms with Gasteiger partial charge in [0.15, 0.2) is 0 Å². The number of aryl methyl sites for hydroxylation is 4. The normalized spacial score (nSPS) is 16.1. The summed E-state index contributed by atoms with van der Waals surface area (Å²) in [4.78, 5) is 0. The van der Waals surface area contributed by atoms with E-state index in [2.05, 4.69) is 163 Å². The average Bonchev–Trinajstić information content (AvgIpc) is 3.74. The molecule has 4 aromatic carbocycles. The molecule has 228 valence electrons. The molecule has 0 aromatic heterocycles. The summed E-state index contributed by atoms with van der Waals surface area (Å²) in [5, 5.41) is 5.63. The molecule has 2 saturated carbocycles. The predicted molar refractivity (Wildman–Crippen MR) is 195 cm³/mol. The quantitative estimate of drug-likeness (QED) is 0.135. The first-order chi connectivity index (χ1) is 21.3. The van der Waals surface area contributed by atoms with Crippen LogP contribution in [-0.2, 0) is 17.1 Å². The topological polar surface area (TPSA) is 3.24 Å². The van der Waals surface area contributed by atoms with Gasteiger partial charge in [0.2, 0.25) is 0 Å². The monoisotopic (exact) mass is 667 g/mol. The molecular weight excluding hydrogens is 624 g/mol. The first kappa shape index (κ1) is 36.1. The van der Waals surface area contributed by atoms with Gasteiger partial charge in [-0.2, -0.15) is 0 Å². The Morgan fingerprint density at radius 2 is 0.911 bits per heavy atom. The molecule has 0 saturated heterocycles. The fourth-order valence-corrected chi connectivity index (χ4v) is 11.3. The van der Waals surface area contributed by atoms with Crippen LogP contribution in [0.2, 0.25) is 0 Å². The summed E-state index contributed by atoms with van der Waals surface area (Å²) in [5.74, 6) is 1.43. The summed E-state index contributed by atoms with van der Waals surface area (Å²) in [6, 6.07) is 36.5. The van der Waals surface area contributed by atoms with Crippen molar-refractivity contribution in [3.63, 3.8) is 0 Å². The van der Waals surface area contributed by atoms with Gasteiger partial charge in [-0.15, -0.1) is 0 Å². The van der Waals surface area contributed by atoms with Crippen LogP contribution in [0, 0.1) is 90.6 Å². The Hall–Kier alpha value is -1.78. The molecule has 2 fully saturated rings. The molecule has 0 aliphatic heterocycles. The Morgan fingerprint density at radius 3 is 1.31 bits per heavy atom. The summed E-state index contributed by atoms with van der Waals surface area (Å²) in [7, 11) is 0.954. The molecule has 45 heavy (non-hydrogen) atoms. The minimum Gasteiger partial charge on any atom is -0.274 e. The van der Waals surface area contributed by atoms with Gasteiger partial charge in [-0.05, 0) is 146 Å². The molecule has 0 bridgehead atoms. The molecule has 0 spiro atoms. The molecule has 2 aliphatic rings. The van der Waals surface area contributed by atoms with E-state index in [0.717, 1.165) is 0 Å². The molecule has 0 amide bonds. The van der Waals surface area contributed by atoms with E-state index < -0.39 is 16.0 Å². The van der Waals surface area contributed by atoms with Crippen molar-refractivity contribution in [2.24, 2.45) is 0 Å². The van der Waals surface area contributed by atoms with E-state index in [1.54, 1.807) is 0 Å². The van der Waals surface area contributed by atoms with Crippen molar-refractivity contribution in [1.82, 2.24) is 4.67 Å². The van der Waals surface area contributed by atoms with Crippen LogP contribution in [0.25, 0.3) is 0 Å². The minimum atomic E-state index is -0.721. The molecule has 4 heteroatoms. The molecule has 1 nitrogen and oxygen atoms in total. The van der Waals surface area contributed by atoms with Gasteiger partial charge in [-0.25, -0.2) is 0 Å². The van der Waals surface area contributed by atoms with Crippen LogP contribution < -0.4 is 21.2 Å². The summed E-state index contributed by atoms with van der Waals surface area (Å²) >= 11 is 0. The van der Waals surface area contributed by atoms with Crippen LogP contribution >= 0.6 is 16.0 Å². The van der Waals surface area contributed by atoms with Gasteiger partial charge >= 0.3 is 17.1 Å². The smallest absolute Gasteiger partial charge is 0.274 e. The van der Waals surface area contributed by atoms with Crippen molar-refractivity contribution in [1.29, 1.82) is 0 Å². The first-order valence-corrected chi connectivity index (χ1v) is 18.0. The van der Waals surface area contributed by atoms with Crippen LogP contribution in [0.3, 0.4) is 0 Å². The molecule has 0 heterocycles. The standard InChI is InChI=1S/C36H38NP2.C5H5.Fe/c1-26-20-27(2)23-33(22-26)39(34-24-28(3)21-29(4)25-34)37(6)30(5)35-18-13-19-36(35)38(31-14-9-7-10-15-31)32-16-11-8-12-17-32;1-2-4-5-3-1;/h7-25,30H,1-6H3;1-5H;/q;;+2/t30-;;/m1../s1. The Balaban J connectivity index is 0.000000700. The van der Waals surface area contributed by atoms with E-state index in [9.17, 15) is 0 Å². The van der Waals surface area contributed by atoms with Crippen molar-refractivity contribution in [3.05, 3.63) is 182 Å². The Kier molecular flexibility index (Phi) is 13.9. The second kappa shape index (κ2) is 17.4.